The van der Waals surface area contributed by atoms with Crippen molar-refractivity contribution in [3.05, 3.63) is 41.0 Å². The number of aliphatic hydroxyl groups is 1. The first-order valence-electron chi connectivity index (χ1n) is 7.80. The largest absolute Gasteiger partial charge is 0.390 e. The minimum Gasteiger partial charge on any atom is -0.390 e. The van der Waals surface area contributed by atoms with Gasteiger partial charge in [-0.15, -0.1) is 11.3 Å². The number of carbonyl (C=O) groups excluding carboxylic acids is 1. The highest BCUT2D eigenvalue weighted by atomic mass is 32.1. The van der Waals surface area contributed by atoms with E-state index < -0.39 is 0 Å². The molecule has 2 aromatic rings. The number of rotatable bonds is 5. The highest BCUT2D eigenvalue weighted by molar-refractivity contribution is 7.13. The van der Waals surface area contributed by atoms with E-state index in [0.717, 1.165) is 35.4 Å². The lowest BCUT2D eigenvalue weighted by molar-refractivity contribution is -0.122. The van der Waals surface area contributed by atoms with Crippen molar-refractivity contribution in [1.29, 1.82) is 0 Å². The molecule has 23 heavy (non-hydrogen) atoms. The second kappa shape index (κ2) is 6.78. The number of amides is 1. The summed E-state index contributed by atoms with van der Waals surface area (Å²) in [5, 5.41) is 9.33. The molecule has 0 spiro atoms. The van der Waals surface area contributed by atoms with Crippen LogP contribution in [0.2, 0.25) is 0 Å². The zero-order valence-corrected chi connectivity index (χ0v) is 13.9. The monoisotopic (exact) mass is 331 g/mol. The molecule has 0 bridgehead atoms. The normalized spacial score (nSPS) is 19.8. The van der Waals surface area contributed by atoms with Crippen LogP contribution in [0.15, 0.2) is 29.8 Å². The molecule has 1 saturated heterocycles. The lowest BCUT2D eigenvalue weighted by Gasteiger charge is -2.29. The second-order valence-corrected chi connectivity index (χ2v) is 6.74. The molecule has 1 amide bonds. The summed E-state index contributed by atoms with van der Waals surface area (Å²) in [6, 6.07) is 8.26. The van der Waals surface area contributed by atoms with Gasteiger partial charge in [-0.2, -0.15) is 0 Å². The standard InChI is InChI=1S/C17H21N3O2S/c1-11(20-8-2-3-15(20)17(18)22)12-4-6-13(7-5-12)16-14(9-21)19-10-23-16/h4-7,10-11,15,21H,2-3,8-9H2,1H3,(H2,18,22)/t11-,15?/m0/s1. The van der Waals surface area contributed by atoms with E-state index in [1.54, 1.807) is 5.51 Å². The molecule has 1 fully saturated rings. The molecule has 1 aromatic heterocycles. The maximum atomic E-state index is 11.6. The number of nitrogens with two attached hydrogens (primary N) is 1. The molecule has 2 heterocycles. The zero-order chi connectivity index (χ0) is 16.4. The van der Waals surface area contributed by atoms with Gasteiger partial charge in [-0.1, -0.05) is 24.3 Å². The number of benzene rings is 1. The van der Waals surface area contributed by atoms with Crippen LogP contribution in [0.3, 0.4) is 0 Å². The van der Waals surface area contributed by atoms with Crippen molar-refractivity contribution >= 4 is 17.2 Å². The maximum Gasteiger partial charge on any atom is 0.234 e. The molecular weight excluding hydrogens is 310 g/mol. The van der Waals surface area contributed by atoms with Crippen LogP contribution in [-0.2, 0) is 11.4 Å². The van der Waals surface area contributed by atoms with Gasteiger partial charge in [-0.3, -0.25) is 9.69 Å². The quantitative estimate of drug-likeness (QED) is 0.881. The summed E-state index contributed by atoms with van der Waals surface area (Å²) in [4.78, 5) is 18.9. The van der Waals surface area contributed by atoms with Crippen LogP contribution < -0.4 is 5.73 Å². The lowest BCUT2D eigenvalue weighted by atomic mass is 10.0. The Labute approximate surface area is 139 Å². The van der Waals surface area contributed by atoms with Gasteiger partial charge in [-0.25, -0.2) is 4.98 Å². The number of primary amides is 1. The number of thiazole rings is 1. The second-order valence-electron chi connectivity index (χ2n) is 5.88. The smallest absolute Gasteiger partial charge is 0.234 e. The van der Waals surface area contributed by atoms with E-state index in [-0.39, 0.29) is 24.6 Å². The number of hydrogen-bond acceptors (Lipinski definition) is 5. The van der Waals surface area contributed by atoms with Crippen LogP contribution in [-0.4, -0.2) is 33.5 Å². The van der Waals surface area contributed by atoms with Crippen LogP contribution in [0.1, 0.15) is 37.1 Å². The number of hydrogen-bond donors (Lipinski definition) is 2. The van der Waals surface area contributed by atoms with Gasteiger partial charge in [0.1, 0.15) is 0 Å². The third-order valence-corrected chi connectivity index (χ3v) is 5.48. The van der Waals surface area contributed by atoms with E-state index in [2.05, 4.69) is 28.9 Å². The SMILES string of the molecule is C[C@@H](c1ccc(-c2scnc2CO)cc1)N1CCCC1C(N)=O. The zero-order valence-electron chi connectivity index (χ0n) is 13.1. The van der Waals surface area contributed by atoms with E-state index in [1.807, 2.05) is 12.1 Å². The molecule has 5 nitrogen and oxygen atoms in total. The summed E-state index contributed by atoms with van der Waals surface area (Å²) in [6.07, 6.45) is 1.86. The summed E-state index contributed by atoms with van der Waals surface area (Å²) in [5.41, 5.74) is 10.2. The Balaban J connectivity index is 1.80. The highest BCUT2D eigenvalue weighted by Crippen LogP contribution is 2.32. The van der Waals surface area contributed by atoms with Gasteiger partial charge >= 0.3 is 0 Å². The summed E-state index contributed by atoms with van der Waals surface area (Å²) >= 11 is 1.53. The van der Waals surface area contributed by atoms with Crippen LogP contribution in [0.25, 0.3) is 10.4 Å². The van der Waals surface area contributed by atoms with E-state index in [4.69, 9.17) is 5.73 Å². The van der Waals surface area contributed by atoms with Gasteiger partial charge < -0.3 is 10.8 Å². The summed E-state index contributed by atoms with van der Waals surface area (Å²) in [6.45, 7) is 2.97. The molecule has 1 aromatic carbocycles. The van der Waals surface area contributed by atoms with E-state index in [0.29, 0.717) is 5.69 Å². The number of nitrogens with zero attached hydrogens (tertiary/aromatic N) is 2. The van der Waals surface area contributed by atoms with Crippen LogP contribution >= 0.6 is 11.3 Å². The van der Waals surface area contributed by atoms with E-state index in [1.165, 1.54) is 11.3 Å². The Morgan fingerprint density at radius 3 is 2.87 bits per heavy atom. The van der Waals surface area contributed by atoms with Crippen molar-refractivity contribution in [1.82, 2.24) is 9.88 Å². The minimum absolute atomic E-state index is 0.0505. The Hall–Kier alpha value is -1.76. The number of likely N-dealkylation sites (tertiary alicyclic amines) is 1. The number of aliphatic hydroxyl groups excluding tert-OH is 1. The Kier molecular flexibility index (Phi) is 4.75. The fraction of sp³-hybridized carbons (Fsp3) is 0.412. The topological polar surface area (TPSA) is 79.5 Å². The molecule has 0 saturated carbocycles. The predicted octanol–water partition coefficient (Wildman–Crippen LogP) is 2.31. The van der Waals surface area contributed by atoms with Crippen LogP contribution in [0.4, 0.5) is 0 Å². The van der Waals surface area contributed by atoms with Gasteiger partial charge in [0.15, 0.2) is 0 Å². The predicted molar refractivity (Wildman–Crippen MR) is 90.8 cm³/mol. The lowest BCUT2D eigenvalue weighted by Crippen LogP contribution is -2.41. The molecule has 1 unspecified atom stereocenters. The molecule has 2 atom stereocenters. The van der Waals surface area contributed by atoms with E-state index >= 15 is 0 Å². The minimum atomic E-state index is -0.233. The molecule has 0 aliphatic carbocycles. The molecule has 3 rings (SSSR count). The van der Waals surface area contributed by atoms with Crippen molar-refractivity contribution in [3.63, 3.8) is 0 Å². The average molecular weight is 331 g/mol. The first-order valence-corrected chi connectivity index (χ1v) is 8.68. The van der Waals surface area contributed by atoms with Gasteiger partial charge in [0.2, 0.25) is 5.91 Å². The Bertz CT molecular complexity index is 683. The van der Waals surface area contributed by atoms with Crippen molar-refractivity contribution in [2.45, 2.75) is 38.5 Å². The van der Waals surface area contributed by atoms with Crippen LogP contribution in [0, 0.1) is 0 Å². The molecule has 0 radical (unpaired) electrons. The molecule has 1 aliphatic rings. The Morgan fingerprint density at radius 1 is 1.48 bits per heavy atom. The molecular formula is C17H21N3O2S. The van der Waals surface area contributed by atoms with Gasteiger partial charge in [0.25, 0.3) is 0 Å². The summed E-state index contributed by atoms with van der Waals surface area (Å²) < 4.78 is 0. The van der Waals surface area contributed by atoms with Crippen molar-refractivity contribution in [2.24, 2.45) is 5.73 Å². The van der Waals surface area contributed by atoms with E-state index in [9.17, 15) is 9.90 Å². The number of aromatic nitrogens is 1. The molecule has 6 heteroatoms. The third kappa shape index (κ3) is 3.15. The van der Waals surface area contributed by atoms with Gasteiger partial charge in [0.05, 0.1) is 28.7 Å². The molecule has 122 valence electrons. The summed E-state index contributed by atoms with van der Waals surface area (Å²) in [7, 11) is 0. The van der Waals surface area contributed by atoms with Crippen molar-refractivity contribution in [2.75, 3.05) is 6.54 Å². The first kappa shape index (κ1) is 16.1. The fourth-order valence-corrected chi connectivity index (χ4v) is 4.09. The third-order valence-electron chi connectivity index (χ3n) is 4.57. The van der Waals surface area contributed by atoms with Crippen LogP contribution in [0.5, 0.6) is 0 Å². The highest BCUT2D eigenvalue weighted by Gasteiger charge is 2.32. The summed E-state index contributed by atoms with van der Waals surface area (Å²) in [5.74, 6) is -0.233. The maximum absolute atomic E-state index is 11.6. The first-order chi connectivity index (χ1) is 11.1. The molecule has 3 N–H and O–H groups in total. The van der Waals surface area contributed by atoms with Gasteiger partial charge in [0, 0.05) is 6.04 Å². The average Bonchev–Trinajstić information content (AvgIpc) is 3.23. The Morgan fingerprint density at radius 2 is 2.22 bits per heavy atom. The molecule has 1 aliphatic heterocycles. The van der Waals surface area contributed by atoms with Crippen molar-refractivity contribution in [3.8, 4) is 10.4 Å². The van der Waals surface area contributed by atoms with Gasteiger partial charge in [-0.05, 0) is 37.4 Å². The number of carbonyl (C=O) groups is 1. The van der Waals surface area contributed by atoms with Crippen molar-refractivity contribution < 1.29 is 9.90 Å². The fourth-order valence-electron chi connectivity index (χ4n) is 3.28.